The summed E-state index contributed by atoms with van der Waals surface area (Å²) < 4.78 is 56.0. The summed E-state index contributed by atoms with van der Waals surface area (Å²) in [5.41, 5.74) is 4.07. The highest BCUT2D eigenvalue weighted by molar-refractivity contribution is 7.88. The van der Waals surface area contributed by atoms with Crippen molar-refractivity contribution in [3.63, 3.8) is 0 Å². The molecule has 2 bridgehead atoms. The van der Waals surface area contributed by atoms with Crippen LogP contribution in [0.2, 0.25) is 0 Å². The van der Waals surface area contributed by atoms with Crippen molar-refractivity contribution in [2.45, 2.75) is 56.5 Å². The Morgan fingerprint density at radius 1 is 1.09 bits per heavy atom. The number of hydrogen-bond donors (Lipinski definition) is 1. The summed E-state index contributed by atoms with van der Waals surface area (Å²) in [5.74, 6) is -4.67. The molecule has 2 aromatic carbocycles. The standard InChI is InChI=1S/C24H28F2N2O3S/c1-32(30,31)27-21-12-14-28-22(21)16-17-7-6-10-19(15-17)20-11-3-2-8-18(20)9-4-5-13-24(25,26)23(28)29/h2-3,6-8,10-11,15,21-22,27H,4-5,9,12-14,16H2,1H3. The van der Waals surface area contributed by atoms with Crippen LogP contribution in [0.5, 0.6) is 0 Å². The normalized spacial score (nSPS) is 23.8. The smallest absolute Gasteiger partial charge is 0.324 e. The van der Waals surface area contributed by atoms with Crippen molar-refractivity contribution in [3.05, 3.63) is 59.7 Å². The maximum atomic E-state index is 14.9. The number of nitrogens with one attached hydrogen (secondary N) is 1. The van der Waals surface area contributed by atoms with Gasteiger partial charge in [0.05, 0.1) is 12.3 Å². The maximum Gasteiger partial charge on any atom is 0.324 e. The first-order valence-electron chi connectivity index (χ1n) is 11.0. The summed E-state index contributed by atoms with van der Waals surface area (Å²) in [6.07, 6.45) is 2.60. The fourth-order valence-electron chi connectivity index (χ4n) is 4.88. The molecule has 2 unspecified atom stereocenters. The molecule has 2 heterocycles. The van der Waals surface area contributed by atoms with Gasteiger partial charge in [0.15, 0.2) is 0 Å². The molecule has 0 aliphatic carbocycles. The van der Waals surface area contributed by atoms with Crippen LogP contribution in [-0.2, 0) is 27.7 Å². The van der Waals surface area contributed by atoms with Crippen molar-refractivity contribution >= 4 is 15.9 Å². The van der Waals surface area contributed by atoms with Crippen LogP contribution in [0.15, 0.2) is 48.5 Å². The molecule has 4 rings (SSSR count). The largest absolute Gasteiger partial charge is 0.332 e. The zero-order valence-electron chi connectivity index (χ0n) is 18.1. The van der Waals surface area contributed by atoms with E-state index in [1.54, 1.807) is 0 Å². The van der Waals surface area contributed by atoms with Gasteiger partial charge in [0.2, 0.25) is 10.0 Å². The van der Waals surface area contributed by atoms with Gasteiger partial charge in [0.25, 0.3) is 5.91 Å². The van der Waals surface area contributed by atoms with Gasteiger partial charge in [-0.15, -0.1) is 0 Å². The van der Waals surface area contributed by atoms with E-state index in [2.05, 4.69) is 4.72 Å². The lowest BCUT2D eigenvalue weighted by molar-refractivity contribution is -0.159. The van der Waals surface area contributed by atoms with Gasteiger partial charge in [0.1, 0.15) is 0 Å². The molecule has 2 aromatic rings. The Morgan fingerprint density at radius 3 is 2.66 bits per heavy atom. The number of carbonyl (C=O) groups is 1. The van der Waals surface area contributed by atoms with Crippen molar-refractivity contribution in [1.29, 1.82) is 0 Å². The molecule has 1 N–H and O–H groups in total. The van der Waals surface area contributed by atoms with Crippen LogP contribution in [0.25, 0.3) is 11.1 Å². The Balaban J connectivity index is 1.76. The Hall–Kier alpha value is -2.32. The molecule has 0 spiro atoms. The highest BCUT2D eigenvalue weighted by atomic mass is 32.2. The number of benzene rings is 2. The number of fused-ring (bicyclic) bond motifs is 5. The van der Waals surface area contributed by atoms with Gasteiger partial charge in [-0.05, 0) is 54.4 Å². The zero-order chi connectivity index (χ0) is 22.9. The molecule has 32 heavy (non-hydrogen) atoms. The summed E-state index contributed by atoms with van der Waals surface area (Å²) >= 11 is 0. The van der Waals surface area contributed by atoms with Crippen LogP contribution >= 0.6 is 0 Å². The summed E-state index contributed by atoms with van der Waals surface area (Å²) in [7, 11) is -3.55. The van der Waals surface area contributed by atoms with E-state index in [1.807, 2.05) is 48.5 Å². The van der Waals surface area contributed by atoms with Crippen molar-refractivity contribution in [1.82, 2.24) is 9.62 Å². The molecule has 172 valence electrons. The predicted octanol–water partition coefficient (Wildman–Crippen LogP) is 3.78. The monoisotopic (exact) mass is 462 g/mol. The van der Waals surface area contributed by atoms with E-state index in [0.717, 1.165) is 28.5 Å². The van der Waals surface area contributed by atoms with E-state index >= 15 is 0 Å². The van der Waals surface area contributed by atoms with E-state index in [4.69, 9.17) is 0 Å². The first-order valence-corrected chi connectivity index (χ1v) is 12.9. The number of halogens is 2. The molecule has 1 amide bonds. The molecule has 5 nitrogen and oxygen atoms in total. The minimum Gasteiger partial charge on any atom is -0.332 e. The summed E-state index contributed by atoms with van der Waals surface area (Å²) in [6, 6.07) is 14.5. The first-order chi connectivity index (χ1) is 15.1. The van der Waals surface area contributed by atoms with Gasteiger partial charge in [-0.25, -0.2) is 13.1 Å². The molecule has 0 saturated carbocycles. The molecule has 1 saturated heterocycles. The van der Waals surface area contributed by atoms with Crippen LogP contribution in [-0.4, -0.2) is 50.0 Å². The molecular formula is C24H28F2N2O3S. The Labute approximate surface area is 187 Å². The van der Waals surface area contributed by atoms with Crippen LogP contribution < -0.4 is 4.72 Å². The van der Waals surface area contributed by atoms with E-state index in [9.17, 15) is 22.0 Å². The Bertz CT molecular complexity index is 1100. The van der Waals surface area contributed by atoms with Crippen molar-refractivity contribution in [2.24, 2.45) is 0 Å². The molecular weight excluding hydrogens is 434 g/mol. The third-order valence-corrected chi connectivity index (χ3v) is 7.10. The first kappa shape index (κ1) is 22.9. The number of nitrogens with zero attached hydrogens (tertiary/aromatic N) is 1. The quantitative estimate of drug-likeness (QED) is 0.739. The number of rotatable bonds is 2. The predicted molar refractivity (Wildman–Crippen MR) is 120 cm³/mol. The number of aryl methyl sites for hydroxylation is 1. The second-order valence-corrected chi connectivity index (χ2v) is 10.6. The van der Waals surface area contributed by atoms with Crippen molar-refractivity contribution < 1.29 is 22.0 Å². The topological polar surface area (TPSA) is 66.5 Å². The SMILES string of the molecule is CS(=O)(=O)NC1CCN2C(=O)C(F)(F)CCCCc3ccccc3-c3cccc(c3)CC12. The average molecular weight is 463 g/mol. The maximum absolute atomic E-state index is 14.9. The van der Waals surface area contributed by atoms with Gasteiger partial charge in [-0.1, -0.05) is 48.5 Å². The molecule has 1 fully saturated rings. The number of carbonyl (C=O) groups excluding carboxylic acids is 1. The number of hydrogen-bond acceptors (Lipinski definition) is 3. The fraction of sp³-hybridized carbons (Fsp3) is 0.458. The van der Waals surface area contributed by atoms with E-state index in [-0.39, 0.29) is 13.0 Å². The van der Waals surface area contributed by atoms with Crippen LogP contribution in [0.4, 0.5) is 8.78 Å². The van der Waals surface area contributed by atoms with Gasteiger partial charge in [0, 0.05) is 19.0 Å². The lowest BCUT2D eigenvalue weighted by atomic mass is 9.92. The lowest BCUT2D eigenvalue weighted by Crippen LogP contribution is -2.51. The van der Waals surface area contributed by atoms with Crippen LogP contribution in [0.1, 0.15) is 36.8 Å². The number of amides is 1. The van der Waals surface area contributed by atoms with Crippen molar-refractivity contribution in [3.8, 4) is 11.1 Å². The Kier molecular flexibility index (Phi) is 6.36. The lowest BCUT2D eigenvalue weighted by Gasteiger charge is -2.31. The highest BCUT2D eigenvalue weighted by Crippen LogP contribution is 2.33. The second kappa shape index (κ2) is 8.90. The summed E-state index contributed by atoms with van der Waals surface area (Å²) in [5, 5.41) is 0. The van der Waals surface area contributed by atoms with Gasteiger partial charge in [-0.2, -0.15) is 8.78 Å². The Morgan fingerprint density at radius 2 is 1.88 bits per heavy atom. The van der Waals surface area contributed by atoms with E-state index < -0.39 is 40.4 Å². The third-order valence-electron chi connectivity index (χ3n) is 6.37. The van der Waals surface area contributed by atoms with Crippen molar-refractivity contribution in [2.75, 3.05) is 12.8 Å². The number of sulfonamides is 1. The summed E-state index contributed by atoms with van der Waals surface area (Å²) in [4.78, 5) is 14.0. The van der Waals surface area contributed by atoms with Gasteiger partial charge in [-0.3, -0.25) is 4.79 Å². The van der Waals surface area contributed by atoms with Crippen LogP contribution in [0, 0.1) is 0 Å². The third kappa shape index (κ3) is 5.02. The molecule has 2 aliphatic heterocycles. The second-order valence-electron chi connectivity index (χ2n) is 8.82. The van der Waals surface area contributed by atoms with Crippen LogP contribution in [0.3, 0.4) is 0 Å². The van der Waals surface area contributed by atoms with Gasteiger partial charge < -0.3 is 4.90 Å². The molecule has 0 radical (unpaired) electrons. The minimum atomic E-state index is -3.55. The minimum absolute atomic E-state index is 0.106. The highest BCUT2D eigenvalue weighted by Gasteiger charge is 2.48. The van der Waals surface area contributed by atoms with E-state index in [1.165, 1.54) is 4.90 Å². The molecule has 2 aliphatic rings. The van der Waals surface area contributed by atoms with E-state index in [0.29, 0.717) is 25.7 Å². The summed E-state index contributed by atoms with van der Waals surface area (Å²) in [6.45, 7) is 0.106. The number of alkyl halides is 2. The molecule has 8 heteroatoms. The fourth-order valence-corrected chi connectivity index (χ4v) is 5.70. The molecule has 0 aromatic heterocycles. The van der Waals surface area contributed by atoms with Gasteiger partial charge >= 0.3 is 5.92 Å². The molecule has 2 atom stereocenters. The average Bonchev–Trinajstić information content (AvgIpc) is 3.11. The zero-order valence-corrected chi connectivity index (χ0v) is 18.9.